The highest BCUT2D eigenvalue weighted by molar-refractivity contribution is 7.07. The highest BCUT2D eigenvalue weighted by atomic mass is 32.1. The highest BCUT2D eigenvalue weighted by Crippen LogP contribution is 2.32. The van der Waals surface area contributed by atoms with E-state index in [-0.39, 0.29) is 24.3 Å². The predicted molar refractivity (Wildman–Crippen MR) is 158 cm³/mol. The molecule has 10 heteroatoms. The lowest BCUT2D eigenvalue weighted by molar-refractivity contribution is -0.139. The second kappa shape index (κ2) is 12.3. The minimum absolute atomic E-state index is 0.186. The summed E-state index contributed by atoms with van der Waals surface area (Å²) in [5, 5.41) is 9.13. The largest absolute Gasteiger partial charge is 0.497 e. The Kier molecular flexibility index (Phi) is 8.35. The van der Waals surface area contributed by atoms with Crippen molar-refractivity contribution < 1.29 is 28.9 Å². The molecule has 3 aromatic carbocycles. The van der Waals surface area contributed by atoms with Gasteiger partial charge < -0.3 is 19.3 Å². The zero-order valence-corrected chi connectivity index (χ0v) is 24.0. The van der Waals surface area contributed by atoms with Gasteiger partial charge in [-0.15, -0.1) is 0 Å². The summed E-state index contributed by atoms with van der Waals surface area (Å²) in [5.41, 5.74) is 2.84. The van der Waals surface area contributed by atoms with E-state index in [4.69, 9.17) is 19.3 Å². The molecule has 0 amide bonds. The number of fused-ring (bicyclic) bond motifs is 1. The number of aromatic nitrogens is 1. The third-order valence-corrected chi connectivity index (χ3v) is 7.71. The number of carboxylic acids is 1. The van der Waals surface area contributed by atoms with Crippen LogP contribution in [0.15, 0.2) is 93.9 Å². The van der Waals surface area contributed by atoms with Gasteiger partial charge in [-0.1, -0.05) is 53.8 Å². The lowest BCUT2D eigenvalue weighted by Crippen LogP contribution is -2.39. The average molecular weight is 585 g/mol. The number of thiazole rings is 1. The van der Waals surface area contributed by atoms with Crippen molar-refractivity contribution in [1.29, 1.82) is 0 Å². The Morgan fingerprint density at radius 1 is 1.07 bits per heavy atom. The van der Waals surface area contributed by atoms with Gasteiger partial charge in [0.15, 0.2) is 4.80 Å². The molecular formula is C32H28N2O7S. The third kappa shape index (κ3) is 5.75. The number of methoxy groups -OCH3 is 1. The molecule has 214 valence electrons. The summed E-state index contributed by atoms with van der Waals surface area (Å²) in [6.07, 6.45) is 1.75. The third-order valence-electron chi connectivity index (χ3n) is 6.73. The van der Waals surface area contributed by atoms with E-state index in [0.29, 0.717) is 43.2 Å². The molecule has 0 bridgehead atoms. The monoisotopic (exact) mass is 584 g/mol. The number of hydrogen-bond acceptors (Lipinski definition) is 8. The van der Waals surface area contributed by atoms with E-state index < -0.39 is 18.0 Å². The second-order valence-corrected chi connectivity index (χ2v) is 10.4. The highest BCUT2D eigenvalue weighted by Gasteiger charge is 2.33. The van der Waals surface area contributed by atoms with Crippen LogP contribution in [0.25, 0.3) is 6.08 Å². The van der Waals surface area contributed by atoms with E-state index in [0.717, 1.165) is 5.56 Å². The fraction of sp³-hybridized carbons (Fsp3) is 0.188. The van der Waals surface area contributed by atoms with Crippen molar-refractivity contribution in [3.05, 3.63) is 126 Å². The van der Waals surface area contributed by atoms with Gasteiger partial charge >= 0.3 is 11.9 Å². The van der Waals surface area contributed by atoms with E-state index in [9.17, 15) is 14.4 Å². The van der Waals surface area contributed by atoms with Gasteiger partial charge in [-0.25, -0.2) is 14.6 Å². The molecule has 0 unspecified atom stereocenters. The summed E-state index contributed by atoms with van der Waals surface area (Å²) in [4.78, 5) is 43.3. The van der Waals surface area contributed by atoms with Crippen molar-refractivity contribution in [1.82, 2.24) is 4.57 Å². The molecule has 0 saturated heterocycles. The maximum Gasteiger partial charge on any atom is 0.338 e. The summed E-state index contributed by atoms with van der Waals surface area (Å²) < 4.78 is 18.8. The molecule has 1 atom stereocenters. The fourth-order valence-corrected chi connectivity index (χ4v) is 5.73. The zero-order valence-electron chi connectivity index (χ0n) is 23.2. The Bertz CT molecular complexity index is 1870. The quantitative estimate of drug-likeness (QED) is 0.295. The lowest BCUT2D eigenvalue weighted by Gasteiger charge is -2.25. The van der Waals surface area contributed by atoms with Gasteiger partial charge in [0.25, 0.3) is 5.56 Å². The molecule has 0 aliphatic carbocycles. The number of allylic oxidation sites excluding steroid dienone is 1. The van der Waals surface area contributed by atoms with Crippen LogP contribution in [0.2, 0.25) is 0 Å². The summed E-state index contributed by atoms with van der Waals surface area (Å²) in [5.74, 6) is -0.377. The molecule has 2 heterocycles. The van der Waals surface area contributed by atoms with Crippen LogP contribution in [0, 0.1) is 0 Å². The number of esters is 1. The maximum atomic E-state index is 14.0. The minimum atomic E-state index is -0.993. The first kappa shape index (κ1) is 28.6. The van der Waals surface area contributed by atoms with E-state index in [1.807, 2.05) is 30.3 Å². The summed E-state index contributed by atoms with van der Waals surface area (Å²) in [6, 6.07) is 20.3. The van der Waals surface area contributed by atoms with Crippen LogP contribution < -0.4 is 24.4 Å². The SMILES string of the molecule is CCOC(=O)C1=C(C)N=c2s/c(=C\c3ccccc3OCc3ccc(C(=O)O)cc3)c(=O)n2[C@@H]1c1cccc(OC)c1. The van der Waals surface area contributed by atoms with Crippen LogP contribution in [0.5, 0.6) is 11.5 Å². The Balaban J connectivity index is 1.56. The second-order valence-electron chi connectivity index (χ2n) is 9.41. The molecule has 42 heavy (non-hydrogen) atoms. The zero-order chi connectivity index (χ0) is 29.8. The average Bonchev–Trinajstić information content (AvgIpc) is 3.30. The Labute approximate surface area is 245 Å². The van der Waals surface area contributed by atoms with Crippen LogP contribution in [-0.2, 0) is 16.1 Å². The van der Waals surface area contributed by atoms with Crippen molar-refractivity contribution in [2.75, 3.05) is 13.7 Å². The van der Waals surface area contributed by atoms with Gasteiger partial charge in [0.2, 0.25) is 0 Å². The number of ether oxygens (including phenoxy) is 3. The molecule has 1 aromatic heterocycles. The number of hydrogen-bond donors (Lipinski definition) is 1. The number of carbonyl (C=O) groups excluding carboxylic acids is 1. The first-order valence-corrected chi connectivity index (χ1v) is 14.0. The molecule has 5 rings (SSSR count). The van der Waals surface area contributed by atoms with Gasteiger partial charge in [0.1, 0.15) is 18.1 Å². The molecule has 1 N–H and O–H groups in total. The number of benzene rings is 3. The Morgan fingerprint density at radius 3 is 2.55 bits per heavy atom. The van der Waals surface area contributed by atoms with Crippen LogP contribution in [0.1, 0.15) is 46.9 Å². The van der Waals surface area contributed by atoms with E-state index in [1.54, 1.807) is 57.4 Å². The summed E-state index contributed by atoms with van der Waals surface area (Å²) in [7, 11) is 1.56. The van der Waals surface area contributed by atoms with Crippen LogP contribution in [-0.4, -0.2) is 35.3 Å². The number of para-hydroxylation sites is 1. The van der Waals surface area contributed by atoms with Crippen molar-refractivity contribution in [2.45, 2.75) is 26.5 Å². The van der Waals surface area contributed by atoms with Crippen LogP contribution in [0.3, 0.4) is 0 Å². The van der Waals surface area contributed by atoms with Crippen molar-refractivity contribution in [3.63, 3.8) is 0 Å². The fourth-order valence-electron chi connectivity index (χ4n) is 4.70. The Morgan fingerprint density at radius 2 is 1.83 bits per heavy atom. The molecule has 0 saturated carbocycles. The smallest absolute Gasteiger partial charge is 0.338 e. The maximum absolute atomic E-state index is 14.0. The van der Waals surface area contributed by atoms with Crippen LogP contribution in [0.4, 0.5) is 0 Å². The number of carbonyl (C=O) groups is 2. The van der Waals surface area contributed by atoms with Gasteiger partial charge in [0, 0.05) is 5.56 Å². The number of carboxylic acid groups (broad SMARTS) is 1. The molecule has 0 spiro atoms. The molecule has 0 fully saturated rings. The molecule has 1 aliphatic heterocycles. The van der Waals surface area contributed by atoms with Gasteiger partial charge in [0.05, 0.1) is 41.1 Å². The lowest BCUT2D eigenvalue weighted by atomic mass is 9.95. The first-order valence-electron chi connectivity index (χ1n) is 13.2. The van der Waals surface area contributed by atoms with Crippen LogP contribution >= 0.6 is 11.3 Å². The molecule has 0 radical (unpaired) electrons. The van der Waals surface area contributed by atoms with Gasteiger partial charge in [-0.05, 0) is 61.4 Å². The topological polar surface area (TPSA) is 116 Å². The normalized spacial score (nSPS) is 14.6. The number of rotatable bonds is 9. The molecule has 9 nitrogen and oxygen atoms in total. The first-order chi connectivity index (χ1) is 20.3. The summed E-state index contributed by atoms with van der Waals surface area (Å²) >= 11 is 1.22. The van der Waals surface area contributed by atoms with E-state index in [2.05, 4.69) is 4.99 Å². The van der Waals surface area contributed by atoms with Crippen molar-refractivity contribution in [2.24, 2.45) is 4.99 Å². The molecule has 4 aromatic rings. The van der Waals surface area contributed by atoms with Gasteiger partial charge in [-0.3, -0.25) is 9.36 Å². The summed E-state index contributed by atoms with van der Waals surface area (Å²) in [6.45, 7) is 3.87. The van der Waals surface area contributed by atoms with E-state index in [1.165, 1.54) is 28.0 Å². The molecular weight excluding hydrogens is 556 g/mol. The number of aromatic carboxylic acids is 1. The van der Waals surface area contributed by atoms with Crippen molar-refractivity contribution in [3.8, 4) is 11.5 Å². The number of nitrogens with zero attached hydrogens (tertiary/aromatic N) is 2. The minimum Gasteiger partial charge on any atom is -0.497 e. The van der Waals surface area contributed by atoms with Crippen molar-refractivity contribution >= 4 is 29.4 Å². The van der Waals surface area contributed by atoms with Gasteiger partial charge in [-0.2, -0.15) is 0 Å². The predicted octanol–water partition coefficient (Wildman–Crippen LogP) is 4.08. The molecule has 1 aliphatic rings. The Hall–Kier alpha value is -4.96. The standard InChI is InChI=1S/C32H28N2O7S/c1-4-40-31(38)27-19(2)33-32-34(28(27)23-9-7-10-24(16-23)39-3)29(35)26(42-32)17-22-8-5-6-11-25(22)41-18-20-12-14-21(15-13-20)30(36)37/h5-17,28H,4,18H2,1-3H3,(H,36,37)/b26-17-/t28-/m1/s1. The van der Waals surface area contributed by atoms with E-state index >= 15 is 0 Å².